The van der Waals surface area contributed by atoms with Crippen molar-refractivity contribution in [2.75, 3.05) is 11.9 Å². The van der Waals surface area contributed by atoms with Crippen molar-refractivity contribution in [3.05, 3.63) is 23.4 Å². The van der Waals surface area contributed by atoms with Crippen LogP contribution in [0, 0.1) is 36.9 Å². The van der Waals surface area contributed by atoms with Crippen molar-refractivity contribution in [1.82, 2.24) is 19.7 Å². The minimum Gasteiger partial charge on any atom is -0.475 e. The molecule has 0 bridgehead atoms. The molecule has 0 spiro atoms. The number of nitrogens with one attached hydrogen (secondary N) is 1. The van der Waals surface area contributed by atoms with Crippen molar-refractivity contribution < 1.29 is 14.2 Å². The van der Waals surface area contributed by atoms with E-state index in [2.05, 4.69) is 26.5 Å². The van der Waals surface area contributed by atoms with Gasteiger partial charge < -0.3 is 15.2 Å². The van der Waals surface area contributed by atoms with Crippen molar-refractivity contribution in [2.24, 2.45) is 5.92 Å². The highest BCUT2D eigenvalue weighted by atomic mass is 19.1. The monoisotopic (exact) mass is 402 g/mol. The summed E-state index contributed by atoms with van der Waals surface area (Å²) in [5, 5.41) is 26.3. The van der Waals surface area contributed by atoms with Crippen LogP contribution < -0.4 is 10.1 Å². The smallest absolute Gasteiger partial charge is 0.255 e. The second kappa shape index (κ2) is 8.33. The van der Waals surface area contributed by atoms with E-state index in [1.807, 2.05) is 0 Å². The maximum absolute atomic E-state index is 14.5. The fourth-order valence-corrected chi connectivity index (χ4v) is 3.23. The molecule has 2 aromatic heterocycles. The van der Waals surface area contributed by atoms with Gasteiger partial charge in [-0.3, -0.25) is 4.68 Å². The predicted octanol–water partition coefficient (Wildman–Crippen LogP) is 3.36. The quantitative estimate of drug-likeness (QED) is 0.762. The summed E-state index contributed by atoms with van der Waals surface area (Å²) in [6.07, 6.45) is 4.66. The Kier molecular flexibility index (Phi) is 6.03. The number of ether oxygens (including phenoxy) is 1. The molecule has 8 nitrogen and oxygen atoms in total. The molecule has 0 aromatic carbocycles. The topological polar surface area (TPSA) is 109 Å². The van der Waals surface area contributed by atoms with E-state index in [0.717, 1.165) is 25.7 Å². The molecule has 1 aliphatic rings. The first kappa shape index (κ1) is 21.0. The zero-order chi connectivity index (χ0) is 21.2. The number of aromatic nitrogens is 4. The number of nitrogens with zero attached hydrogens (tertiary/aromatic N) is 5. The van der Waals surface area contributed by atoms with Crippen LogP contribution in [0.15, 0.2) is 6.20 Å². The van der Waals surface area contributed by atoms with Gasteiger partial charge in [0.1, 0.15) is 5.54 Å². The van der Waals surface area contributed by atoms with Crippen LogP contribution in [-0.4, -0.2) is 37.6 Å². The molecule has 3 rings (SSSR count). The molecule has 2 heterocycles. The number of hydrogen-bond acceptors (Lipinski definition) is 7. The Morgan fingerprint density at radius 2 is 1.97 bits per heavy atom. The average molecular weight is 402 g/mol. The average Bonchev–Trinajstić information content (AvgIpc) is 3.06. The maximum Gasteiger partial charge on any atom is 0.255 e. The summed E-state index contributed by atoms with van der Waals surface area (Å²) in [7, 11) is 0. The van der Waals surface area contributed by atoms with Gasteiger partial charge in [0, 0.05) is 0 Å². The Balaban J connectivity index is 1.75. The van der Waals surface area contributed by atoms with E-state index in [1.54, 1.807) is 38.6 Å². The lowest BCUT2D eigenvalue weighted by Gasteiger charge is -2.25. The lowest BCUT2D eigenvalue weighted by molar-refractivity contribution is 0.0898. The molecule has 29 heavy (non-hydrogen) atoms. The molecule has 2 aromatic rings. The molecule has 2 N–H and O–H groups in total. The number of aliphatic hydroxyl groups is 1. The van der Waals surface area contributed by atoms with Gasteiger partial charge in [-0.05, 0) is 59.3 Å². The molecule has 0 saturated heterocycles. The normalized spacial score (nSPS) is 19.6. The van der Waals surface area contributed by atoms with Crippen LogP contribution in [0.5, 0.6) is 5.88 Å². The summed E-state index contributed by atoms with van der Waals surface area (Å²) in [6, 6.07) is 2.19. The first-order valence-corrected chi connectivity index (χ1v) is 9.79. The van der Waals surface area contributed by atoms with Crippen molar-refractivity contribution >= 4 is 11.6 Å². The molecule has 1 aliphatic carbocycles. The second-order valence-corrected chi connectivity index (χ2v) is 8.11. The van der Waals surface area contributed by atoms with Gasteiger partial charge in [-0.15, -0.1) is 0 Å². The molecular formula is C20H27FN6O2. The van der Waals surface area contributed by atoms with E-state index >= 15 is 0 Å². The minimum atomic E-state index is -0.799. The summed E-state index contributed by atoms with van der Waals surface area (Å²) in [6.45, 7) is 7.24. The fourth-order valence-electron chi connectivity index (χ4n) is 3.23. The summed E-state index contributed by atoms with van der Waals surface area (Å²) in [5.41, 5.74) is 0.680. The largest absolute Gasteiger partial charge is 0.475 e. The van der Waals surface area contributed by atoms with Gasteiger partial charge in [0.05, 0.1) is 42.1 Å². The minimum absolute atomic E-state index is 0.0893. The molecule has 0 unspecified atom stereocenters. The number of hydrogen-bond donors (Lipinski definition) is 2. The Morgan fingerprint density at radius 1 is 1.28 bits per heavy atom. The van der Waals surface area contributed by atoms with Gasteiger partial charge >= 0.3 is 0 Å². The summed E-state index contributed by atoms with van der Waals surface area (Å²) >= 11 is 0. The number of rotatable bonds is 6. The molecule has 1 fully saturated rings. The first-order chi connectivity index (χ1) is 13.7. The second-order valence-electron chi connectivity index (χ2n) is 8.11. The molecule has 0 aliphatic heterocycles. The van der Waals surface area contributed by atoms with Gasteiger partial charge in [-0.1, -0.05) is 0 Å². The van der Waals surface area contributed by atoms with Crippen LogP contribution in [0.2, 0.25) is 0 Å². The van der Waals surface area contributed by atoms with Gasteiger partial charge in [0.2, 0.25) is 11.8 Å². The molecule has 156 valence electrons. The van der Waals surface area contributed by atoms with Crippen LogP contribution in [-0.2, 0) is 5.54 Å². The maximum atomic E-state index is 14.5. The number of halogens is 1. The Labute approximate surface area is 169 Å². The first-order valence-electron chi connectivity index (χ1n) is 9.79. The Bertz CT molecular complexity index is 912. The fraction of sp³-hybridized carbons (Fsp3) is 0.600. The van der Waals surface area contributed by atoms with Crippen molar-refractivity contribution in [3.8, 4) is 11.9 Å². The zero-order valence-electron chi connectivity index (χ0n) is 17.2. The van der Waals surface area contributed by atoms with Gasteiger partial charge in [-0.25, -0.2) is 4.98 Å². The predicted molar refractivity (Wildman–Crippen MR) is 105 cm³/mol. The Hall–Kier alpha value is -2.73. The summed E-state index contributed by atoms with van der Waals surface area (Å²) < 4.78 is 21.7. The van der Waals surface area contributed by atoms with Crippen molar-refractivity contribution in [2.45, 2.75) is 65.0 Å². The molecule has 1 saturated carbocycles. The third-order valence-electron chi connectivity index (χ3n) is 5.25. The van der Waals surface area contributed by atoms with Gasteiger partial charge in [0.25, 0.3) is 5.88 Å². The van der Waals surface area contributed by atoms with E-state index in [0.29, 0.717) is 18.0 Å². The lowest BCUT2D eigenvalue weighted by atomic mass is 9.88. The Morgan fingerprint density at radius 3 is 2.62 bits per heavy atom. The van der Waals surface area contributed by atoms with Crippen LogP contribution in [0.25, 0.3) is 0 Å². The van der Waals surface area contributed by atoms with E-state index in [-0.39, 0.29) is 29.5 Å². The SMILES string of the molecule is Cc1nn(C(C)(C)C#N)cc1Nc1nc(C)c(F)c(OCC2CCC(O)CC2)n1. The van der Waals surface area contributed by atoms with E-state index in [9.17, 15) is 14.8 Å². The van der Waals surface area contributed by atoms with Crippen LogP contribution in [0.3, 0.4) is 0 Å². The summed E-state index contributed by atoms with van der Waals surface area (Å²) in [5.74, 6) is -0.188. The number of aryl methyl sites for hydroxylation is 2. The molecule has 9 heteroatoms. The van der Waals surface area contributed by atoms with Gasteiger partial charge in [-0.2, -0.15) is 19.7 Å². The van der Waals surface area contributed by atoms with Crippen LogP contribution in [0.4, 0.5) is 16.0 Å². The zero-order valence-corrected chi connectivity index (χ0v) is 17.2. The number of anilines is 2. The highest BCUT2D eigenvalue weighted by Gasteiger charge is 2.23. The van der Waals surface area contributed by atoms with Crippen LogP contribution in [0.1, 0.15) is 50.9 Å². The highest BCUT2D eigenvalue weighted by Crippen LogP contribution is 2.27. The van der Waals surface area contributed by atoms with Gasteiger partial charge in [0.15, 0.2) is 0 Å². The van der Waals surface area contributed by atoms with Crippen LogP contribution >= 0.6 is 0 Å². The third kappa shape index (κ3) is 4.82. The number of nitriles is 1. The summed E-state index contributed by atoms with van der Waals surface area (Å²) in [4.78, 5) is 8.34. The lowest BCUT2D eigenvalue weighted by Crippen LogP contribution is -2.24. The number of aliphatic hydroxyl groups excluding tert-OH is 1. The van der Waals surface area contributed by atoms with E-state index < -0.39 is 11.4 Å². The van der Waals surface area contributed by atoms with Crippen molar-refractivity contribution in [1.29, 1.82) is 5.26 Å². The molecular weight excluding hydrogens is 375 g/mol. The van der Waals surface area contributed by atoms with Crippen molar-refractivity contribution in [3.63, 3.8) is 0 Å². The molecule has 0 amide bonds. The standard InChI is InChI=1S/C20H27FN6O2/c1-12-16(9-27(26-12)20(3,4)11-22)24-19-23-13(2)17(21)18(25-19)29-10-14-5-7-15(28)8-6-14/h9,14-15,28H,5-8,10H2,1-4H3,(H,23,24,25). The highest BCUT2D eigenvalue weighted by molar-refractivity contribution is 5.55. The van der Waals surface area contributed by atoms with E-state index in [1.165, 1.54) is 0 Å². The van der Waals surface area contributed by atoms with E-state index in [4.69, 9.17) is 4.74 Å². The third-order valence-corrected chi connectivity index (χ3v) is 5.25. The molecule has 0 radical (unpaired) electrons. The molecule has 0 atom stereocenters.